The van der Waals surface area contributed by atoms with Gasteiger partial charge in [0.05, 0.1) is 20.3 Å². The fraction of sp³-hybridized carbons (Fsp3) is 0.300. The second kappa shape index (κ2) is 10.6. The molecule has 7 heteroatoms. The van der Waals surface area contributed by atoms with Gasteiger partial charge in [0.15, 0.2) is 11.5 Å². The molecule has 0 saturated carbocycles. The summed E-state index contributed by atoms with van der Waals surface area (Å²) in [6, 6.07) is 14.5. The standard InChI is InChI=1S/C20H22N2O5/c1-24-16-4-6-17(7-5-16)26-11-12-27-18-8-3-15(13-19(18)25-2)14-22-20(23)9-10-21/h3-8,13H,9,11-12,14H2,1-2H3,(H,22,23). The molecular formula is C20H22N2O5. The Morgan fingerprint density at radius 1 is 0.963 bits per heavy atom. The molecular weight excluding hydrogens is 348 g/mol. The number of ether oxygens (including phenoxy) is 4. The summed E-state index contributed by atoms with van der Waals surface area (Å²) in [5.74, 6) is 2.34. The van der Waals surface area contributed by atoms with Gasteiger partial charge in [-0.25, -0.2) is 0 Å². The third-order valence-corrected chi connectivity index (χ3v) is 3.63. The third-order valence-electron chi connectivity index (χ3n) is 3.63. The van der Waals surface area contributed by atoms with Crippen molar-refractivity contribution in [2.24, 2.45) is 0 Å². The molecule has 2 aromatic carbocycles. The Hall–Kier alpha value is -3.40. The Bertz CT molecular complexity index is 784. The van der Waals surface area contributed by atoms with Crippen molar-refractivity contribution in [3.8, 4) is 29.1 Å². The summed E-state index contributed by atoms with van der Waals surface area (Å²) in [5.41, 5.74) is 0.847. The van der Waals surface area contributed by atoms with E-state index in [9.17, 15) is 4.79 Å². The maximum absolute atomic E-state index is 11.4. The van der Waals surface area contributed by atoms with Crippen LogP contribution < -0.4 is 24.3 Å². The molecule has 0 unspecified atom stereocenters. The van der Waals surface area contributed by atoms with Crippen molar-refractivity contribution >= 4 is 5.91 Å². The predicted molar refractivity (Wildman–Crippen MR) is 99.1 cm³/mol. The van der Waals surface area contributed by atoms with E-state index in [1.807, 2.05) is 30.3 Å². The molecule has 0 fully saturated rings. The molecule has 0 aromatic heterocycles. The molecule has 2 aromatic rings. The molecule has 0 spiro atoms. The zero-order valence-corrected chi connectivity index (χ0v) is 15.4. The van der Waals surface area contributed by atoms with Crippen molar-refractivity contribution in [3.05, 3.63) is 48.0 Å². The monoisotopic (exact) mass is 370 g/mol. The van der Waals surface area contributed by atoms with Crippen LogP contribution in [-0.2, 0) is 11.3 Å². The summed E-state index contributed by atoms with van der Waals surface area (Å²) in [6.07, 6.45) is -0.160. The number of rotatable bonds is 10. The average Bonchev–Trinajstić information content (AvgIpc) is 2.70. The van der Waals surface area contributed by atoms with Gasteiger partial charge in [0.1, 0.15) is 31.1 Å². The highest BCUT2D eigenvalue weighted by Gasteiger charge is 2.07. The van der Waals surface area contributed by atoms with Crippen molar-refractivity contribution < 1.29 is 23.7 Å². The van der Waals surface area contributed by atoms with Gasteiger partial charge in [0, 0.05) is 6.54 Å². The molecule has 1 N–H and O–H groups in total. The number of nitrogens with zero attached hydrogens (tertiary/aromatic N) is 1. The number of hydrogen-bond acceptors (Lipinski definition) is 6. The molecule has 0 heterocycles. The van der Waals surface area contributed by atoms with Crippen LogP contribution in [0.3, 0.4) is 0 Å². The summed E-state index contributed by atoms with van der Waals surface area (Å²) in [4.78, 5) is 11.4. The first-order chi connectivity index (χ1) is 13.2. The van der Waals surface area contributed by atoms with Crippen molar-refractivity contribution in [1.82, 2.24) is 5.32 Å². The van der Waals surface area contributed by atoms with Crippen LogP contribution >= 0.6 is 0 Å². The van der Waals surface area contributed by atoms with Gasteiger partial charge in [-0.1, -0.05) is 6.07 Å². The molecule has 7 nitrogen and oxygen atoms in total. The number of amides is 1. The first-order valence-corrected chi connectivity index (χ1v) is 8.36. The van der Waals surface area contributed by atoms with Crippen LogP contribution in [0, 0.1) is 11.3 Å². The molecule has 2 rings (SSSR count). The van der Waals surface area contributed by atoms with Gasteiger partial charge in [0.25, 0.3) is 0 Å². The number of nitriles is 1. The normalized spacial score (nSPS) is 9.81. The van der Waals surface area contributed by atoms with Crippen LogP contribution in [0.25, 0.3) is 0 Å². The number of methoxy groups -OCH3 is 2. The van der Waals surface area contributed by atoms with E-state index in [1.54, 1.807) is 32.4 Å². The van der Waals surface area contributed by atoms with Crippen LogP contribution in [-0.4, -0.2) is 33.3 Å². The van der Waals surface area contributed by atoms with Crippen molar-refractivity contribution in [1.29, 1.82) is 5.26 Å². The Kier molecular flexibility index (Phi) is 7.79. The van der Waals surface area contributed by atoms with Crippen molar-refractivity contribution in [3.63, 3.8) is 0 Å². The van der Waals surface area contributed by atoms with E-state index in [2.05, 4.69) is 5.32 Å². The van der Waals surface area contributed by atoms with Gasteiger partial charge in [-0.05, 0) is 42.0 Å². The molecule has 0 aliphatic carbocycles. The van der Waals surface area contributed by atoms with Gasteiger partial charge in [-0.3, -0.25) is 4.79 Å². The fourth-order valence-electron chi connectivity index (χ4n) is 2.26. The topological polar surface area (TPSA) is 89.8 Å². The van der Waals surface area contributed by atoms with Crippen LogP contribution in [0.2, 0.25) is 0 Å². The zero-order valence-electron chi connectivity index (χ0n) is 15.4. The van der Waals surface area contributed by atoms with Gasteiger partial charge >= 0.3 is 0 Å². The highest BCUT2D eigenvalue weighted by Crippen LogP contribution is 2.28. The third kappa shape index (κ3) is 6.44. The van der Waals surface area contributed by atoms with Crippen LogP contribution in [0.4, 0.5) is 0 Å². The maximum atomic E-state index is 11.4. The molecule has 1 amide bonds. The summed E-state index contributed by atoms with van der Waals surface area (Å²) < 4.78 is 21.8. The largest absolute Gasteiger partial charge is 0.497 e. The van der Waals surface area contributed by atoms with Gasteiger partial charge < -0.3 is 24.3 Å². The molecule has 0 saturated heterocycles. The first kappa shape index (κ1) is 19.9. The van der Waals surface area contributed by atoms with Gasteiger partial charge in [-0.2, -0.15) is 5.26 Å². The van der Waals surface area contributed by atoms with Gasteiger partial charge in [-0.15, -0.1) is 0 Å². The summed E-state index contributed by atoms with van der Waals surface area (Å²) in [7, 11) is 3.16. The van der Waals surface area contributed by atoms with Crippen LogP contribution in [0.1, 0.15) is 12.0 Å². The molecule has 27 heavy (non-hydrogen) atoms. The molecule has 142 valence electrons. The minimum atomic E-state index is -0.313. The quantitative estimate of drug-likeness (QED) is 0.647. The molecule has 0 aliphatic heterocycles. The molecule has 0 radical (unpaired) electrons. The Morgan fingerprint density at radius 3 is 2.33 bits per heavy atom. The summed E-state index contributed by atoms with van der Waals surface area (Å²) in [5, 5.41) is 11.2. The van der Waals surface area contributed by atoms with E-state index in [0.717, 1.165) is 17.1 Å². The second-order valence-corrected chi connectivity index (χ2v) is 5.47. The van der Waals surface area contributed by atoms with E-state index in [1.165, 1.54) is 0 Å². The van der Waals surface area contributed by atoms with Crippen LogP contribution in [0.15, 0.2) is 42.5 Å². The number of carbonyl (C=O) groups excluding carboxylic acids is 1. The first-order valence-electron chi connectivity index (χ1n) is 8.36. The maximum Gasteiger partial charge on any atom is 0.234 e. The minimum Gasteiger partial charge on any atom is -0.497 e. The number of nitrogens with one attached hydrogen (secondary N) is 1. The number of carbonyl (C=O) groups is 1. The lowest BCUT2D eigenvalue weighted by atomic mass is 10.2. The Labute approximate surface area is 158 Å². The lowest BCUT2D eigenvalue weighted by Crippen LogP contribution is -2.21. The van der Waals surface area contributed by atoms with E-state index in [0.29, 0.717) is 31.3 Å². The van der Waals surface area contributed by atoms with Crippen molar-refractivity contribution in [2.75, 3.05) is 27.4 Å². The lowest BCUT2D eigenvalue weighted by molar-refractivity contribution is -0.120. The number of hydrogen-bond donors (Lipinski definition) is 1. The van der Waals surface area contributed by atoms with E-state index in [-0.39, 0.29) is 12.3 Å². The van der Waals surface area contributed by atoms with E-state index < -0.39 is 0 Å². The SMILES string of the molecule is COc1ccc(OCCOc2ccc(CNC(=O)CC#N)cc2OC)cc1. The smallest absolute Gasteiger partial charge is 0.234 e. The number of benzene rings is 2. The average molecular weight is 370 g/mol. The molecule has 0 aliphatic rings. The predicted octanol–water partition coefficient (Wildman–Crippen LogP) is 2.69. The van der Waals surface area contributed by atoms with Crippen molar-refractivity contribution in [2.45, 2.75) is 13.0 Å². The molecule has 0 bridgehead atoms. The Morgan fingerprint density at radius 2 is 1.67 bits per heavy atom. The summed E-state index contributed by atoms with van der Waals surface area (Å²) >= 11 is 0. The molecule has 0 atom stereocenters. The highest BCUT2D eigenvalue weighted by molar-refractivity contribution is 5.77. The fourth-order valence-corrected chi connectivity index (χ4v) is 2.26. The minimum absolute atomic E-state index is 0.160. The second-order valence-electron chi connectivity index (χ2n) is 5.47. The van der Waals surface area contributed by atoms with E-state index >= 15 is 0 Å². The lowest BCUT2D eigenvalue weighted by Gasteiger charge is -2.13. The summed E-state index contributed by atoms with van der Waals surface area (Å²) in [6.45, 7) is 1.04. The van der Waals surface area contributed by atoms with Gasteiger partial charge in [0.2, 0.25) is 5.91 Å². The highest BCUT2D eigenvalue weighted by atomic mass is 16.5. The van der Waals surface area contributed by atoms with E-state index in [4.69, 9.17) is 24.2 Å². The zero-order chi connectivity index (χ0) is 19.5. The van der Waals surface area contributed by atoms with Crippen LogP contribution in [0.5, 0.6) is 23.0 Å². The Balaban J connectivity index is 1.82.